The van der Waals surface area contributed by atoms with E-state index in [1.54, 1.807) is 17.9 Å². The van der Waals surface area contributed by atoms with Gasteiger partial charge in [-0.2, -0.15) is 5.26 Å². The van der Waals surface area contributed by atoms with Crippen molar-refractivity contribution in [2.75, 3.05) is 12.4 Å². The molecule has 0 radical (unpaired) electrons. The molecule has 1 aliphatic rings. The summed E-state index contributed by atoms with van der Waals surface area (Å²) in [6, 6.07) is 3.95. The van der Waals surface area contributed by atoms with Crippen molar-refractivity contribution in [2.24, 2.45) is 5.92 Å². The second-order valence-electron chi connectivity index (χ2n) is 6.45. The SMILES string of the molecule is COc1nc(C)c(Nc2nc(C#N)cn([C@H](C)C3CC3)c2=O)cc1C. The summed E-state index contributed by atoms with van der Waals surface area (Å²) >= 11 is 0. The summed E-state index contributed by atoms with van der Waals surface area (Å²) in [4.78, 5) is 21.3. The Kier molecular flexibility index (Phi) is 4.45. The number of hydrogen-bond acceptors (Lipinski definition) is 6. The molecule has 7 nitrogen and oxygen atoms in total. The molecule has 1 atom stereocenters. The van der Waals surface area contributed by atoms with Crippen LogP contribution < -0.4 is 15.6 Å². The van der Waals surface area contributed by atoms with Crippen molar-refractivity contribution in [3.8, 4) is 11.9 Å². The maximum Gasteiger partial charge on any atom is 0.293 e. The van der Waals surface area contributed by atoms with Gasteiger partial charge in [-0.3, -0.25) is 4.79 Å². The van der Waals surface area contributed by atoms with Gasteiger partial charge in [0.15, 0.2) is 11.5 Å². The molecule has 0 saturated heterocycles. The van der Waals surface area contributed by atoms with Crippen LogP contribution in [0.2, 0.25) is 0 Å². The quantitative estimate of drug-likeness (QED) is 0.900. The molecule has 7 heteroatoms. The van der Waals surface area contributed by atoms with Crippen molar-refractivity contribution < 1.29 is 4.74 Å². The molecular formula is C18H21N5O2. The van der Waals surface area contributed by atoms with Gasteiger partial charge in [0.25, 0.3) is 5.56 Å². The number of hydrogen-bond donors (Lipinski definition) is 1. The second-order valence-corrected chi connectivity index (χ2v) is 6.45. The Morgan fingerprint density at radius 3 is 2.72 bits per heavy atom. The Balaban J connectivity index is 2.03. The lowest BCUT2D eigenvalue weighted by Gasteiger charge is -2.17. The van der Waals surface area contributed by atoms with E-state index >= 15 is 0 Å². The zero-order valence-electron chi connectivity index (χ0n) is 14.8. The fourth-order valence-electron chi connectivity index (χ4n) is 2.90. The van der Waals surface area contributed by atoms with Crippen LogP contribution in [0.5, 0.6) is 5.88 Å². The maximum atomic E-state index is 12.8. The zero-order chi connectivity index (χ0) is 18.1. The lowest BCUT2D eigenvalue weighted by atomic mass is 10.2. The molecule has 1 aliphatic carbocycles. The number of aryl methyl sites for hydroxylation is 2. The highest BCUT2D eigenvalue weighted by molar-refractivity contribution is 5.60. The van der Waals surface area contributed by atoms with Crippen LogP contribution in [0.15, 0.2) is 17.1 Å². The van der Waals surface area contributed by atoms with Crippen LogP contribution >= 0.6 is 0 Å². The number of nitrogens with zero attached hydrogens (tertiary/aromatic N) is 4. The summed E-state index contributed by atoms with van der Waals surface area (Å²) in [7, 11) is 1.57. The topological polar surface area (TPSA) is 92.8 Å². The first-order valence-corrected chi connectivity index (χ1v) is 8.27. The maximum absolute atomic E-state index is 12.8. The highest BCUT2D eigenvalue weighted by Gasteiger charge is 2.30. The van der Waals surface area contributed by atoms with E-state index in [4.69, 9.17) is 4.74 Å². The van der Waals surface area contributed by atoms with Gasteiger partial charge in [-0.15, -0.1) is 0 Å². The molecule has 0 aliphatic heterocycles. The van der Waals surface area contributed by atoms with Crippen LogP contribution in [0.3, 0.4) is 0 Å². The van der Waals surface area contributed by atoms with Crippen LogP contribution in [0.25, 0.3) is 0 Å². The molecule has 0 aromatic carbocycles. The predicted molar refractivity (Wildman–Crippen MR) is 94.2 cm³/mol. The van der Waals surface area contributed by atoms with Gasteiger partial charge in [0.1, 0.15) is 6.07 Å². The normalized spacial score (nSPS) is 14.7. The van der Waals surface area contributed by atoms with E-state index in [0.29, 0.717) is 23.2 Å². The minimum atomic E-state index is -0.230. The monoisotopic (exact) mass is 339 g/mol. The zero-order valence-corrected chi connectivity index (χ0v) is 14.8. The molecule has 0 amide bonds. The highest BCUT2D eigenvalue weighted by atomic mass is 16.5. The van der Waals surface area contributed by atoms with Crippen LogP contribution in [0.1, 0.15) is 42.8 Å². The molecular weight excluding hydrogens is 318 g/mol. The van der Waals surface area contributed by atoms with Crippen molar-refractivity contribution in [1.82, 2.24) is 14.5 Å². The van der Waals surface area contributed by atoms with Crippen LogP contribution in [0.4, 0.5) is 11.5 Å². The van der Waals surface area contributed by atoms with Gasteiger partial charge in [0.2, 0.25) is 5.88 Å². The molecule has 0 unspecified atom stereocenters. The van der Waals surface area contributed by atoms with E-state index in [-0.39, 0.29) is 23.1 Å². The summed E-state index contributed by atoms with van der Waals surface area (Å²) < 4.78 is 6.83. The molecule has 2 aromatic heterocycles. The average molecular weight is 339 g/mol. The van der Waals surface area contributed by atoms with Gasteiger partial charge in [-0.05, 0) is 45.6 Å². The molecule has 0 spiro atoms. The first-order chi connectivity index (χ1) is 11.9. The third-order valence-corrected chi connectivity index (χ3v) is 4.59. The van der Waals surface area contributed by atoms with Gasteiger partial charge in [-0.25, -0.2) is 9.97 Å². The first-order valence-electron chi connectivity index (χ1n) is 8.27. The lowest BCUT2D eigenvalue weighted by Crippen LogP contribution is -2.28. The van der Waals surface area contributed by atoms with E-state index in [2.05, 4.69) is 15.3 Å². The van der Waals surface area contributed by atoms with Crippen LogP contribution in [-0.2, 0) is 0 Å². The summed E-state index contributed by atoms with van der Waals surface area (Å²) in [6.07, 6.45) is 3.77. The Labute approximate surface area is 146 Å². The summed E-state index contributed by atoms with van der Waals surface area (Å²) in [6.45, 7) is 5.71. The fourth-order valence-corrected chi connectivity index (χ4v) is 2.90. The number of nitriles is 1. The molecule has 130 valence electrons. The van der Waals surface area contributed by atoms with Gasteiger partial charge >= 0.3 is 0 Å². The number of rotatable bonds is 5. The van der Waals surface area contributed by atoms with E-state index in [0.717, 1.165) is 18.4 Å². The summed E-state index contributed by atoms with van der Waals surface area (Å²) in [5.41, 5.74) is 2.19. The number of nitrogens with one attached hydrogen (secondary N) is 1. The predicted octanol–water partition coefficient (Wildman–Crippen LogP) is 2.85. The minimum absolute atomic E-state index is 0.0555. The third kappa shape index (κ3) is 3.33. The molecule has 3 rings (SSSR count). The van der Waals surface area contributed by atoms with Crippen molar-refractivity contribution in [1.29, 1.82) is 5.26 Å². The third-order valence-electron chi connectivity index (χ3n) is 4.59. The van der Waals surface area contributed by atoms with Gasteiger partial charge in [0.05, 0.1) is 18.5 Å². The largest absolute Gasteiger partial charge is 0.481 e. The molecule has 2 aromatic rings. The molecule has 1 saturated carbocycles. The number of ether oxygens (including phenoxy) is 1. The lowest BCUT2D eigenvalue weighted by molar-refractivity contribution is 0.394. The first kappa shape index (κ1) is 17.0. The molecule has 2 heterocycles. The van der Waals surface area contributed by atoms with Crippen molar-refractivity contribution in [2.45, 2.75) is 39.7 Å². The second kappa shape index (κ2) is 6.55. The Morgan fingerprint density at radius 2 is 2.12 bits per heavy atom. The van der Waals surface area contributed by atoms with E-state index in [1.807, 2.05) is 32.9 Å². The number of methoxy groups -OCH3 is 1. The summed E-state index contributed by atoms with van der Waals surface area (Å²) in [5, 5.41) is 12.3. The van der Waals surface area contributed by atoms with E-state index < -0.39 is 0 Å². The Morgan fingerprint density at radius 1 is 1.40 bits per heavy atom. The van der Waals surface area contributed by atoms with Gasteiger partial charge in [-0.1, -0.05) is 0 Å². The molecule has 1 fully saturated rings. The van der Waals surface area contributed by atoms with Crippen LogP contribution in [-0.4, -0.2) is 21.6 Å². The Bertz CT molecular complexity index is 909. The fraction of sp³-hybridized carbons (Fsp3) is 0.444. The van der Waals surface area contributed by atoms with Crippen molar-refractivity contribution in [3.63, 3.8) is 0 Å². The molecule has 25 heavy (non-hydrogen) atoms. The number of aromatic nitrogens is 3. The van der Waals surface area contributed by atoms with Crippen molar-refractivity contribution in [3.05, 3.63) is 39.6 Å². The average Bonchev–Trinajstić information content (AvgIpc) is 3.43. The number of anilines is 2. The van der Waals surface area contributed by atoms with E-state index in [9.17, 15) is 10.1 Å². The van der Waals surface area contributed by atoms with Crippen LogP contribution in [0, 0.1) is 31.1 Å². The Hall–Kier alpha value is -2.88. The molecule has 1 N–H and O–H groups in total. The van der Waals surface area contributed by atoms with Gasteiger partial charge < -0.3 is 14.6 Å². The van der Waals surface area contributed by atoms with E-state index in [1.165, 1.54) is 0 Å². The van der Waals surface area contributed by atoms with Crippen molar-refractivity contribution >= 4 is 11.5 Å². The number of pyridine rings is 1. The highest BCUT2D eigenvalue weighted by Crippen LogP contribution is 2.38. The smallest absolute Gasteiger partial charge is 0.293 e. The standard InChI is InChI=1S/C18H21N5O2/c1-10-7-15(11(2)20-17(10)25-4)22-16-18(24)23(9-14(8-19)21-16)12(3)13-5-6-13/h7,9,12-13H,5-6H2,1-4H3,(H,21,22)/t12-/m1/s1. The molecule has 0 bridgehead atoms. The minimum Gasteiger partial charge on any atom is -0.481 e. The van der Waals surface area contributed by atoms with Gasteiger partial charge in [0, 0.05) is 17.8 Å². The summed E-state index contributed by atoms with van der Waals surface area (Å²) in [5.74, 6) is 1.17.